The van der Waals surface area contributed by atoms with Crippen molar-refractivity contribution in [3.63, 3.8) is 0 Å². The molecule has 1 aromatic heterocycles. The summed E-state index contributed by atoms with van der Waals surface area (Å²) in [6.45, 7) is 2.84. The average Bonchev–Trinajstić information content (AvgIpc) is 2.62. The zero-order valence-corrected chi connectivity index (χ0v) is 10.6. The normalized spacial score (nSPS) is 18.4. The molecule has 0 aromatic carbocycles. The number of nitrogens with zero attached hydrogens (tertiary/aromatic N) is 2. The molecule has 7 nitrogen and oxygen atoms in total. The van der Waals surface area contributed by atoms with Crippen LogP contribution < -0.4 is 0 Å². The highest BCUT2D eigenvalue weighted by molar-refractivity contribution is 5.26. The third kappa shape index (κ3) is 2.70. The number of aryl methyl sites for hydroxylation is 1. The predicted octanol–water partition coefficient (Wildman–Crippen LogP) is -1.85. The van der Waals surface area contributed by atoms with E-state index >= 15 is 0 Å². The summed E-state index contributed by atoms with van der Waals surface area (Å²) in [7, 11) is 1.70. The van der Waals surface area contributed by atoms with Crippen molar-refractivity contribution < 1.29 is 25.5 Å². The van der Waals surface area contributed by atoms with Gasteiger partial charge in [0.2, 0.25) is 0 Å². The van der Waals surface area contributed by atoms with Crippen molar-refractivity contribution in [3.8, 4) is 0 Å². The van der Waals surface area contributed by atoms with Crippen molar-refractivity contribution in [1.82, 2.24) is 9.78 Å². The highest BCUT2D eigenvalue weighted by Crippen LogP contribution is 2.24. The number of aliphatic hydroxyl groups excluding tert-OH is 5. The Morgan fingerprint density at radius 2 is 1.67 bits per heavy atom. The maximum atomic E-state index is 9.94. The molecule has 0 saturated heterocycles. The summed E-state index contributed by atoms with van der Waals surface area (Å²) in [6, 6.07) is 0. The second kappa shape index (κ2) is 5.77. The third-order valence-corrected chi connectivity index (χ3v) is 3.20. The molecule has 4 atom stereocenters. The summed E-state index contributed by atoms with van der Waals surface area (Å²) < 4.78 is 1.55. The molecule has 4 unspecified atom stereocenters. The Bertz CT molecular complexity index is 406. The van der Waals surface area contributed by atoms with Crippen molar-refractivity contribution in [2.45, 2.75) is 38.3 Å². The lowest BCUT2D eigenvalue weighted by Crippen LogP contribution is -2.42. The van der Waals surface area contributed by atoms with Crippen LogP contribution in [0, 0.1) is 13.8 Å². The number of hydrogen-bond acceptors (Lipinski definition) is 6. The number of hydrogen-bond donors (Lipinski definition) is 5. The fourth-order valence-corrected chi connectivity index (χ4v) is 1.70. The molecule has 1 aromatic rings. The molecule has 0 aliphatic heterocycles. The molecule has 18 heavy (non-hydrogen) atoms. The topological polar surface area (TPSA) is 119 Å². The van der Waals surface area contributed by atoms with E-state index in [4.69, 9.17) is 5.11 Å². The van der Waals surface area contributed by atoms with Crippen molar-refractivity contribution >= 4 is 0 Å². The SMILES string of the molecule is Cc1c(C(O)C(O)C(O)C(O)CO)nn(C)c1C. The minimum Gasteiger partial charge on any atom is -0.394 e. The zero-order chi connectivity index (χ0) is 14.0. The first-order valence-electron chi connectivity index (χ1n) is 5.64. The zero-order valence-electron chi connectivity index (χ0n) is 10.6. The Hall–Kier alpha value is -0.990. The number of aliphatic hydroxyl groups is 5. The van der Waals surface area contributed by atoms with Crippen LogP contribution in [0.25, 0.3) is 0 Å². The molecule has 0 radical (unpaired) electrons. The standard InChI is InChI=1S/C11H20N2O5/c1-5-6(2)13(3)12-8(5)10(17)11(18)9(16)7(15)4-14/h7,9-11,14-18H,4H2,1-3H3. The van der Waals surface area contributed by atoms with Crippen LogP contribution >= 0.6 is 0 Å². The van der Waals surface area contributed by atoms with E-state index in [-0.39, 0.29) is 5.69 Å². The van der Waals surface area contributed by atoms with Gasteiger partial charge in [-0.25, -0.2) is 0 Å². The van der Waals surface area contributed by atoms with E-state index in [2.05, 4.69) is 5.10 Å². The molecular formula is C11H20N2O5. The molecule has 5 N–H and O–H groups in total. The summed E-state index contributed by atoms with van der Waals surface area (Å²) in [4.78, 5) is 0. The number of rotatable bonds is 5. The molecule has 0 aliphatic rings. The fourth-order valence-electron chi connectivity index (χ4n) is 1.70. The predicted molar refractivity (Wildman–Crippen MR) is 62.7 cm³/mol. The van der Waals surface area contributed by atoms with Gasteiger partial charge in [-0.2, -0.15) is 5.10 Å². The molecule has 104 valence electrons. The van der Waals surface area contributed by atoms with Gasteiger partial charge in [-0.3, -0.25) is 4.68 Å². The summed E-state index contributed by atoms with van der Waals surface area (Å²) in [6.07, 6.45) is -6.22. The molecule has 0 amide bonds. The molecule has 0 bridgehead atoms. The first kappa shape index (κ1) is 15.1. The van der Waals surface area contributed by atoms with Crippen LogP contribution in [0.1, 0.15) is 23.1 Å². The Morgan fingerprint density at radius 1 is 1.11 bits per heavy atom. The monoisotopic (exact) mass is 260 g/mol. The Labute approximate surface area is 105 Å². The average molecular weight is 260 g/mol. The minimum absolute atomic E-state index is 0.242. The van der Waals surface area contributed by atoms with Crippen LogP contribution in [-0.2, 0) is 7.05 Å². The lowest BCUT2D eigenvalue weighted by molar-refractivity contribution is -0.117. The van der Waals surface area contributed by atoms with Gasteiger partial charge in [-0.05, 0) is 19.4 Å². The Balaban J connectivity index is 2.92. The third-order valence-electron chi connectivity index (χ3n) is 3.20. The first-order chi connectivity index (χ1) is 8.31. The Kier molecular flexibility index (Phi) is 4.83. The summed E-state index contributed by atoms with van der Waals surface area (Å²) in [5.74, 6) is 0. The van der Waals surface area contributed by atoms with Crippen LogP contribution in [0.5, 0.6) is 0 Å². The highest BCUT2D eigenvalue weighted by Gasteiger charge is 2.33. The summed E-state index contributed by atoms with van der Waals surface area (Å²) in [5, 5.41) is 51.2. The van der Waals surface area contributed by atoms with E-state index in [1.165, 1.54) is 0 Å². The lowest BCUT2D eigenvalue weighted by atomic mass is 9.99. The molecule has 7 heteroatoms. The van der Waals surface area contributed by atoms with Gasteiger partial charge >= 0.3 is 0 Å². The second-order valence-corrected chi connectivity index (χ2v) is 4.40. The van der Waals surface area contributed by atoms with Gasteiger partial charge in [0.25, 0.3) is 0 Å². The van der Waals surface area contributed by atoms with Gasteiger partial charge in [0, 0.05) is 12.7 Å². The van der Waals surface area contributed by atoms with E-state index in [0.29, 0.717) is 5.56 Å². The molecule has 0 saturated carbocycles. The van der Waals surface area contributed by atoms with E-state index in [1.807, 2.05) is 6.92 Å². The molecule has 1 heterocycles. The van der Waals surface area contributed by atoms with E-state index in [1.54, 1.807) is 18.7 Å². The van der Waals surface area contributed by atoms with E-state index < -0.39 is 31.0 Å². The summed E-state index contributed by atoms with van der Waals surface area (Å²) in [5.41, 5.74) is 1.77. The smallest absolute Gasteiger partial charge is 0.126 e. The fraction of sp³-hybridized carbons (Fsp3) is 0.727. The second-order valence-electron chi connectivity index (χ2n) is 4.40. The van der Waals surface area contributed by atoms with Gasteiger partial charge in [0.05, 0.1) is 12.3 Å². The van der Waals surface area contributed by atoms with Crippen molar-refractivity contribution in [2.24, 2.45) is 7.05 Å². The lowest BCUT2D eigenvalue weighted by Gasteiger charge is -2.25. The van der Waals surface area contributed by atoms with Gasteiger partial charge in [-0.1, -0.05) is 0 Å². The van der Waals surface area contributed by atoms with E-state index in [0.717, 1.165) is 5.69 Å². The van der Waals surface area contributed by atoms with Gasteiger partial charge in [0.15, 0.2) is 0 Å². The van der Waals surface area contributed by atoms with Crippen molar-refractivity contribution in [1.29, 1.82) is 0 Å². The van der Waals surface area contributed by atoms with Gasteiger partial charge < -0.3 is 25.5 Å². The van der Waals surface area contributed by atoms with Gasteiger partial charge in [0.1, 0.15) is 24.4 Å². The van der Waals surface area contributed by atoms with Crippen LogP contribution in [0.15, 0.2) is 0 Å². The molecule has 1 rings (SSSR count). The Morgan fingerprint density at radius 3 is 2.06 bits per heavy atom. The van der Waals surface area contributed by atoms with Crippen LogP contribution in [0.2, 0.25) is 0 Å². The summed E-state index contributed by atoms with van der Waals surface area (Å²) >= 11 is 0. The molecule has 0 spiro atoms. The van der Waals surface area contributed by atoms with E-state index in [9.17, 15) is 20.4 Å². The van der Waals surface area contributed by atoms with Crippen molar-refractivity contribution in [2.75, 3.05) is 6.61 Å². The van der Waals surface area contributed by atoms with Crippen LogP contribution in [0.4, 0.5) is 0 Å². The first-order valence-corrected chi connectivity index (χ1v) is 5.64. The van der Waals surface area contributed by atoms with Crippen molar-refractivity contribution in [3.05, 3.63) is 17.0 Å². The van der Waals surface area contributed by atoms with Crippen LogP contribution in [0.3, 0.4) is 0 Å². The highest BCUT2D eigenvalue weighted by atomic mass is 16.4. The molecule has 0 aliphatic carbocycles. The largest absolute Gasteiger partial charge is 0.394 e. The number of aromatic nitrogens is 2. The van der Waals surface area contributed by atoms with Gasteiger partial charge in [-0.15, -0.1) is 0 Å². The maximum Gasteiger partial charge on any atom is 0.126 e. The minimum atomic E-state index is -1.65. The molecule has 0 fully saturated rings. The van der Waals surface area contributed by atoms with Crippen LogP contribution in [-0.4, -0.2) is 60.2 Å². The molecular weight excluding hydrogens is 240 g/mol. The quantitative estimate of drug-likeness (QED) is 0.424. The maximum absolute atomic E-state index is 9.94.